The van der Waals surface area contributed by atoms with E-state index in [1.165, 1.54) is 22.3 Å². The van der Waals surface area contributed by atoms with Gasteiger partial charge in [0.2, 0.25) is 5.28 Å². The topological polar surface area (TPSA) is 38.7 Å². The van der Waals surface area contributed by atoms with E-state index in [2.05, 4.69) is 74.1 Å². The van der Waals surface area contributed by atoms with Crippen LogP contribution in [0.25, 0.3) is 22.8 Å². The Morgan fingerprint density at radius 1 is 0.556 bits per heavy atom. The van der Waals surface area contributed by atoms with E-state index in [0.717, 1.165) is 36.8 Å². The highest BCUT2D eigenvalue weighted by atomic mass is 35.5. The van der Waals surface area contributed by atoms with Gasteiger partial charge in [0.15, 0.2) is 11.6 Å². The minimum atomic E-state index is 0.231. The van der Waals surface area contributed by atoms with E-state index in [4.69, 9.17) is 16.6 Å². The molecule has 0 unspecified atom stereocenters. The Labute approximate surface area is 166 Å². The molecule has 4 heteroatoms. The summed E-state index contributed by atoms with van der Waals surface area (Å²) >= 11 is 6.28. The van der Waals surface area contributed by atoms with Gasteiger partial charge in [-0.3, -0.25) is 0 Å². The normalized spacial score (nSPS) is 11.0. The fraction of sp³-hybridized carbons (Fsp3) is 0.348. The number of aromatic nitrogens is 3. The van der Waals surface area contributed by atoms with E-state index in [1.807, 2.05) is 0 Å². The third kappa shape index (κ3) is 4.54. The number of benzene rings is 2. The Morgan fingerprint density at radius 2 is 0.889 bits per heavy atom. The smallest absolute Gasteiger partial charge is 0.208 e. The van der Waals surface area contributed by atoms with Gasteiger partial charge in [-0.1, -0.05) is 39.8 Å². The minimum absolute atomic E-state index is 0.231. The molecule has 3 aromatic rings. The molecule has 27 heavy (non-hydrogen) atoms. The molecule has 0 bridgehead atoms. The van der Waals surface area contributed by atoms with Crippen molar-refractivity contribution in [3.63, 3.8) is 0 Å². The van der Waals surface area contributed by atoms with Crippen molar-refractivity contribution in [1.29, 1.82) is 0 Å². The van der Waals surface area contributed by atoms with Crippen LogP contribution in [0.4, 0.5) is 0 Å². The summed E-state index contributed by atoms with van der Waals surface area (Å²) in [6.45, 7) is 8.64. The summed E-state index contributed by atoms with van der Waals surface area (Å²) < 4.78 is 0. The lowest BCUT2D eigenvalue weighted by Gasteiger charge is -2.10. The third-order valence-corrected chi connectivity index (χ3v) is 5.03. The zero-order valence-corrected chi connectivity index (χ0v) is 17.3. The van der Waals surface area contributed by atoms with Crippen LogP contribution in [-0.4, -0.2) is 15.0 Å². The highest BCUT2D eigenvalue weighted by Crippen LogP contribution is 2.26. The summed E-state index contributed by atoms with van der Waals surface area (Å²) in [6, 6.07) is 13.1. The maximum atomic E-state index is 6.28. The number of aryl methyl sites for hydroxylation is 4. The first-order valence-corrected chi connectivity index (χ1v) is 10.1. The van der Waals surface area contributed by atoms with E-state index in [0.29, 0.717) is 11.6 Å². The molecule has 1 aromatic heterocycles. The van der Waals surface area contributed by atoms with Crippen molar-refractivity contribution in [2.24, 2.45) is 0 Å². The molecule has 0 aliphatic rings. The van der Waals surface area contributed by atoms with Crippen molar-refractivity contribution in [1.82, 2.24) is 15.0 Å². The van der Waals surface area contributed by atoms with Crippen LogP contribution in [0.2, 0.25) is 5.28 Å². The molecular weight excluding hydrogens is 354 g/mol. The maximum absolute atomic E-state index is 6.28. The Morgan fingerprint density at radius 3 is 1.19 bits per heavy atom. The number of hydrogen-bond acceptors (Lipinski definition) is 3. The predicted octanol–water partition coefficient (Wildman–Crippen LogP) is 6.11. The first kappa shape index (κ1) is 19.5. The second-order valence-electron chi connectivity index (χ2n) is 6.74. The van der Waals surface area contributed by atoms with E-state index >= 15 is 0 Å². The molecule has 140 valence electrons. The number of halogens is 1. The fourth-order valence-corrected chi connectivity index (χ4v) is 3.37. The largest absolute Gasteiger partial charge is 0.226 e. The molecule has 0 aliphatic carbocycles. The molecule has 0 fully saturated rings. The second-order valence-corrected chi connectivity index (χ2v) is 7.08. The molecule has 0 spiro atoms. The third-order valence-electron chi connectivity index (χ3n) is 4.86. The molecule has 0 aliphatic heterocycles. The molecule has 3 rings (SSSR count). The molecule has 0 atom stereocenters. The predicted molar refractivity (Wildman–Crippen MR) is 113 cm³/mol. The molecule has 0 N–H and O–H groups in total. The number of rotatable bonds is 6. The van der Waals surface area contributed by atoms with Crippen molar-refractivity contribution >= 4 is 11.6 Å². The summed E-state index contributed by atoms with van der Waals surface area (Å²) in [5.74, 6) is 1.27. The zero-order valence-electron chi connectivity index (χ0n) is 16.5. The summed E-state index contributed by atoms with van der Waals surface area (Å²) in [5.41, 5.74) is 7.12. The van der Waals surface area contributed by atoms with Crippen LogP contribution in [0.1, 0.15) is 49.9 Å². The highest BCUT2D eigenvalue weighted by molar-refractivity contribution is 6.28. The van der Waals surface area contributed by atoms with Crippen LogP contribution in [0.5, 0.6) is 0 Å². The molecular formula is C23H26ClN3. The van der Waals surface area contributed by atoms with E-state index in [9.17, 15) is 0 Å². The molecule has 3 nitrogen and oxygen atoms in total. The molecule has 0 amide bonds. The van der Waals surface area contributed by atoms with E-state index < -0.39 is 0 Å². The maximum Gasteiger partial charge on any atom is 0.226 e. The average Bonchev–Trinajstić information content (AvgIpc) is 2.72. The summed E-state index contributed by atoms with van der Waals surface area (Å²) in [7, 11) is 0. The number of nitrogens with zero attached hydrogens (tertiary/aromatic N) is 3. The quantitative estimate of drug-likeness (QED) is 0.518. The molecule has 2 aromatic carbocycles. The monoisotopic (exact) mass is 379 g/mol. The summed E-state index contributed by atoms with van der Waals surface area (Å²) in [5, 5.41) is 0.231. The van der Waals surface area contributed by atoms with Gasteiger partial charge in [0.25, 0.3) is 0 Å². The van der Waals surface area contributed by atoms with Crippen molar-refractivity contribution < 1.29 is 0 Å². The van der Waals surface area contributed by atoms with Crippen LogP contribution in [0.15, 0.2) is 36.4 Å². The van der Waals surface area contributed by atoms with Crippen LogP contribution in [0, 0.1) is 0 Å². The SMILES string of the molecule is CCc1cc(CC)cc(-c2nc(Cl)nc(-c3cc(CC)cc(CC)c3)n2)c1. The van der Waals surface area contributed by atoms with Gasteiger partial charge in [0.1, 0.15) is 0 Å². The van der Waals surface area contributed by atoms with Gasteiger partial charge < -0.3 is 0 Å². The fourth-order valence-electron chi connectivity index (χ4n) is 3.21. The van der Waals surface area contributed by atoms with Gasteiger partial charge in [0.05, 0.1) is 0 Å². The van der Waals surface area contributed by atoms with Crippen LogP contribution in [-0.2, 0) is 25.7 Å². The lowest BCUT2D eigenvalue weighted by atomic mass is 10.0. The number of hydrogen-bond donors (Lipinski definition) is 0. The lowest BCUT2D eigenvalue weighted by molar-refractivity contribution is 1.04. The first-order chi connectivity index (χ1) is 13.1. The summed E-state index contributed by atoms with van der Waals surface area (Å²) in [4.78, 5) is 13.6. The van der Waals surface area contributed by atoms with Crippen molar-refractivity contribution in [2.45, 2.75) is 53.4 Å². The van der Waals surface area contributed by atoms with Gasteiger partial charge in [-0.05, 0) is 83.8 Å². The van der Waals surface area contributed by atoms with Crippen molar-refractivity contribution in [2.75, 3.05) is 0 Å². The Kier molecular flexibility index (Phi) is 6.22. The highest BCUT2D eigenvalue weighted by Gasteiger charge is 2.12. The molecule has 0 saturated carbocycles. The van der Waals surface area contributed by atoms with Gasteiger partial charge in [-0.25, -0.2) is 4.98 Å². The Balaban J connectivity index is 2.13. The van der Waals surface area contributed by atoms with Crippen LogP contribution < -0.4 is 0 Å². The van der Waals surface area contributed by atoms with Crippen LogP contribution >= 0.6 is 11.6 Å². The summed E-state index contributed by atoms with van der Waals surface area (Å²) in [6.07, 6.45) is 3.91. The van der Waals surface area contributed by atoms with Crippen LogP contribution in [0.3, 0.4) is 0 Å². The van der Waals surface area contributed by atoms with Crippen molar-refractivity contribution in [3.8, 4) is 22.8 Å². The second kappa shape index (κ2) is 8.62. The van der Waals surface area contributed by atoms with Gasteiger partial charge in [0, 0.05) is 11.1 Å². The Bertz CT molecular complexity index is 832. The molecule has 0 saturated heterocycles. The average molecular weight is 380 g/mol. The van der Waals surface area contributed by atoms with E-state index in [1.54, 1.807) is 0 Å². The molecule has 0 radical (unpaired) electrons. The van der Waals surface area contributed by atoms with Gasteiger partial charge in [-0.2, -0.15) is 9.97 Å². The van der Waals surface area contributed by atoms with Gasteiger partial charge >= 0.3 is 0 Å². The van der Waals surface area contributed by atoms with Crippen molar-refractivity contribution in [3.05, 3.63) is 63.9 Å². The zero-order chi connectivity index (χ0) is 19.4. The lowest BCUT2D eigenvalue weighted by Crippen LogP contribution is -2.00. The first-order valence-electron chi connectivity index (χ1n) is 9.74. The van der Waals surface area contributed by atoms with Gasteiger partial charge in [-0.15, -0.1) is 0 Å². The standard InChI is InChI=1S/C23H26ClN3/c1-5-15-9-16(6-2)12-19(11-15)21-25-22(27-23(24)26-21)20-13-17(7-3)10-18(8-4)14-20/h9-14H,5-8H2,1-4H3. The Hall–Kier alpha value is -2.26. The minimum Gasteiger partial charge on any atom is -0.208 e. The molecule has 1 heterocycles. The van der Waals surface area contributed by atoms with E-state index in [-0.39, 0.29) is 5.28 Å².